The van der Waals surface area contributed by atoms with Gasteiger partial charge in [0, 0.05) is 26.4 Å². The Morgan fingerprint density at radius 2 is 0.395 bits per heavy atom. The second-order valence-corrected chi connectivity index (χ2v) is 81.3. The molecule has 76 heavy (non-hydrogen) atoms. The van der Waals surface area contributed by atoms with Gasteiger partial charge in [0.25, 0.3) is 0 Å². The SMILES string of the molecule is C[Si](C)(C)O[Si](C)(CCCCOC(CO)C(OCCCC[Si](C)(O[Si](C)(C)C)O[Si](C)(C)C)C(OCCCC[Si](C)(O[Si](C)(C)C)O[Si](C)(C)C)C(CO)OCCCC[Si](C)(O[Si](C)(C)C)O[Si](C)(C)C)O[Si](C)(C)C. The lowest BCUT2D eigenvalue weighted by Crippen LogP contribution is -2.53. The molecule has 0 aromatic heterocycles. The Labute approximate surface area is 482 Å². The average Bonchev–Trinajstić information content (AvgIpc) is 3.12. The maximum absolute atomic E-state index is 11.3. The van der Waals surface area contributed by atoms with Gasteiger partial charge < -0.3 is 62.1 Å². The van der Waals surface area contributed by atoms with Crippen LogP contribution in [0.4, 0.5) is 0 Å². The molecule has 458 valence electrons. The van der Waals surface area contributed by atoms with E-state index in [1.807, 2.05) is 0 Å². The minimum absolute atomic E-state index is 0.283. The summed E-state index contributed by atoms with van der Waals surface area (Å²) in [6.45, 7) is 63.7. The van der Waals surface area contributed by atoms with Gasteiger partial charge in [-0.2, -0.15) is 0 Å². The summed E-state index contributed by atoms with van der Waals surface area (Å²) in [7, 11) is -24.7. The molecule has 0 rings (SSSR count). The van der Waals surface area contributed by atoms with E-state index in [0.717, 1.165) is 75.5 Å². The molecular formula is C50H126O14Si12. The lowest BCUT2D eigenvalue weighted by atomic mass is 10.0. The van der Waals surface area contributed by atoms with Crippen molar-refractivity contribution in [3.05, 3.63) is 0 Å². The Kier molecular flexibility index (Phi) is 34.0. The normalized spacial score (nSPS) is 16.3. The molecule has 4 atom stereocenters. The lowest BCUT2D eigenvalue weighted by molar-refractivity contribution is -0.191. The van der Waals surface area contributed by atoms with Crippen LogP contribution in [-0.4, -0.2) is 175 Å². The van der Waals surface area contributed by atoms with Gasteiger partial charge in [-0.3, -0.25) is 0 Å². The third-order valence-electron chi connectivity index (χ3n) is 11.0. The fourth-order valence-corrected chi connectivity index (χ4v) is 60.6. The summed E-state index contributed by atoms with van der Waals surface area (Å²) in [4.78, 5) is 0. The summed E-state index contributed by atoms with van der Waals surface area (Å²) in [5, 5.41) is 22.6. The number of aliphatic hydroxyl groups is 2. The molecular weight excluding hydrogens is 1160 g/mol. The van der Waals surface area contributed by atoms with Gasteiger partial charge in [0.15, 0.2) is 66.5 Å². The van der Waals surface area contributed by atoms with E-state index in [1.165, 1.54) is 0 Å². The molecule has 2 N–H and O–H groups in total. The molecule has 0 aliphatic carbocycles. The lowest BCUT2D eigenvalue weighted by Gasteiger charge is -2.39. The highest BCUT2D eigenvalue weighted by Gasteiger charge is 2.44. The van der Waals surface area contributed by atoms with Crippen molar-refractivity contribution in [3.63, 3.8) is 0 Å². The quantitative estimate of drug-likeness (QED) is 0.0439. The number of ether oxygens (including phenoxy) is 4. The van der Waals surface area contributed by atoms with E-state index in [-0.39, 0.29) is 13.2 Å². The van der Waals surface area contributed by atoms with Gasteiger partial charge in [-0.1, -0.05) is 0 Å². The molecule has 0 saturated carbocycles. The zero-order chi connectivity index (χ0) is 59.5. The van der Waals surface area contributed by atoms with Crippen molar-refractivity contribution in [2.24, 2.45) is 0 Å². The Balaban J connectivity index is 7.03. The van der Waals surface area contributed by atoms with Gasteiger partial charge in [-0.05, 0) is 259 Å². The zero-order valence-electron chi connectivity index (χ0n) is 54.8. The highest BCUT2D eigenvalue weighted by molar-refractivity contribution is 6.90. The molecule has 0 aromatic rings. The fraction of sp³-hybridized carbons (Fsp3) is 1.00. The van der Waals surface area contributed by atoms with Crippen LogP contribution in [0, 0.1) is 0 Å². The standard InChI is InChI=1S/C50H126O14Si12/c1-65(2,3)57-73(25,58-66(4,5)6)41-33-29-37-53-47(45-51)49(55-39-31-35-43-75(27,61-69(13,14)15)62-70(16,17)18)50(56-40-32-36-44-76(28,63-71(19,20)21)64-72(22,23)24)48(46-52)54-38-30-34-42-74(26,59-67(7,8)9)60-68(10,11)12/h47-52H,29-46H2,1-28H3. The van der Waals surface area contributed by atoms with Gasteiger partial charge >= 0.3 is 34.2 Å². The first kappa shape index (κ1) is 78.0. The first-order valence-corrected chi connectivity index (χ1v) is 66.6. The Bertz CT molecular complexity index is 1390. The van der Waals surface area contributed by atoms with Crippen LogP contribution < -0.4 is 0 Å². The molecule has 0 amide bonds. The van der Waals surface area contributed by atoms with Gasteiger partial charge in [0.05, 0.1) is 13.2 Å². The zero-order valence-corrected chi connectivity index (χ0v) is 66.8. The number of rotatable bonds is 45. The van der Waals surface area contributed by atoms with E-state index >= 15 is 0 Å². The molecule has 0 bridgehead atoms. The third kappa shape index (κ3) is 41.1. The highest BCUT2D eigenvalue weighted by Crippen LogP contribution is 2.31. The van der Waals surface area contributed by atoms with Crippen LogP contribution in [0.2, 0.25) is 207 Å². The van der Waals surface area contributed by atoms with Crippen LogP contribution in [0.15, 0.2) is 0 Å². The van der Waals surface area contributed by atoms with Crippen molar-refractivity contribution >= 4 is 101 Å². The first-order chi connectivity index (χ1) is 33.9. The average molecular weight is 1290 g/mol. The predicted octanol–water partition coefficient (Wildman–Crippen LogP) is 14.7. The Hall–Kier alpha value is 2.04. The Morgan fingerprint density at radius 1 is 0.237 bits per heavy atom. The molecule has 0 aromatic carbocycles. The summed E-state index contributed by atoms with van der Waals surface area (Å²) in [5.74, 6) is 0. The van der Waals surface area contributed by atoms with Crippen molar-refractivity contribution < 1.29 is 62.1 Å². The largest absolute Gasteiger partial charge is 0.437 e. The smallest absolute Gasteiger partial charge is 0.314 e. The third-order valence-corrected chi connectivity index (χ3v) is 49.4. The molecule has 26 heteroatoms. The molecule has 0 aliphatic rings. The number of aliphatic hydroxyl groups excluding tert-OH is 2. The second kappa shape index (κ2) is 33.1. The fourth-order valence-electron chi connectivity index (χ4n) is 10.1. The van der Waals surface area contributed by atoms with Gasteiger partial charge in [0.2, 0.25) is 0 Å². The van der Waals surface area contributed by atoms with Crippen molar-refractivity contribution in [1.29, 1.82) is 0 Å². The molecule has 0 saturated heterocycles. The summed E-state index contributed by atoms with van der Waals surface area (Å²) in [5.41, 5.74) is 0. The van der Waals surface area contributed by atoms with E-state index in [9.17, 15) is 10.2 Å². The van der Waals surface area contributed by atoms with Crippen molar-refractivity contribution in [2.45, 2.75) is 283 Å². The van der Waals surface area contributed by atoms with Crippen LogP contribution in [0.1, 0.15) is 51.4 Å². The van der Waals surface area contributed by atoms with Crippen molar-refractivity contribution in [2.75, 3.05) is 39.6 Å². The number of hydrogen-bond acceptors (Lipinski definition) is 14. The van der Waals surface area contributed by atoms with Gasteiger partial charge in [0.1, 0.15) is 24.4 Å². The summed E-state index contributed by atoms with van der Waals surface area (Å²) in [6, 6.07) is 3.47. The molecule has 4 unspecified atom stereocenters. The summed E-state index contributed by atoms with van der Waals surface area (Å²) < 4.78 is 82.0. The maximum Gasteiger partial charge on any atom is 0.314 e. The van der Waals surface area contributed by atoms with Crippen LogP contribution in [0.3, 0.4) is 0 Å². The minimum atomic E-state index is -2.47. The van der Waals surface area contributed by atoms with Gasteiger partial charge in [-0.15, -0.1) is 0 Å². The minimum Gasteiger partial charge on any atom is -0.437 e. The molecule has 0 radical (unpaired) electrons. The second-order valence-electron chi connectivity index (χ2n) is 29.9. The van der Waals surface area contributed by atoms with Crippen LogP contribution in [0.25, 0.3) is 0 Å². The number of hydrogen-bond donors (Lipinski definition) is 2. The van der Waals surface area contributed by atoms with E-state index < -0.39 is 125 Å². The van der Waals surface area contributed by atoms with Crippen molar-refractivity contribution in [1.82, 2.24) is 0 Å². The highest BCUT2D eigenvalue weighted by atomic mass is 28.5. The Morgan fingerprint density at radius 3 is 0.539 bits per heavy atom. The van der Waals surface area contributed by atoms with E-state index in [4.69, 9.17) is 51.9 Å². The van der Waals surface area contributed by atoms with Gasteiger partial charge in [-0.25, -0.2) is 0 Å². The topological polar surface area (TPSA) is 151 Å². The van der Waals surface area contributed by atoms with E-state index in [2.05, 4.69) is 183 Å². The molecule has 0 heterocycles. The maximum atomic E-state index is 11.3. The summed E-state index contributed by atoms with van der Waals surface area (Å²) in [6.07, 6.45) is 3.62. The van der Waals surface area contributed by atoms with Crippen LogP contribution >= 0.6 is 0 Å². The summed E-state index contributed by atoms with van der Waals surface area (Å²) >= 11 is 0. The molecule has 0 aliphatic heterocycles. The molecule has 0 fully saturated rings. The van der Waals surface area contributed by atoms with E-state index in [1.54, 1.807) is 0 Å². The van der Waals surface area contributed by atoms with E-state index in [0.29, 0.717) is 26.4 Å². The van der Waals surface area contributed by atoms with Crippen LogP contribution in [-0.2, 0) is 51.9 Å². The van der Waals surface area contributed by atoms with Crippen LogP contribution in [0.5, 0.6) is 0 Å². The number of unbranched alkanes of at least 4 members (excludes halogenated alkanes) is 4. The van der Waals surface area contributed by atoms with Crippen molar-refractivity contribution in [3.8, 4) is 0 Å². The molecule has 14 nitrogen and oxygen atoms in total. The monoisotopic (exact) mass is 1290 g/mol. The predicted molar refractivity (Wildman–Crippen MR) is 351 cm³/mol. The first-order valence-electron chi connectivity index (χ1n) is 29.2. The molecule has 0 spiro atoms.